The van der Waals surface area contributed by atoms with Gasteiger partial charge in [0.15, 0.2) is 0 Å². The molecule has 1 atom stereocenters. The molecular weight excluding hydrogens is 309 g/mol. The van der Waals surface area contributed by atoms with Crippen molar-refractivity contribution >= 4 is 15.9 Å². The molecular formula is C14H17BrFN3. The summed E-state index contributed by atoms with van der Waals surface area (Å²) in [6.07, 6.45) is 4.26. The van der Waals surface area contributed by atoms with Crippen LogP contribution in [0.1, 0.15) is 32.0 Å². The maximum Gasteiger partial charge on any atom is 0.125 e. The average molecular weight is 326 g/mol. The average Bonchev–Trinajstić information content (AvgIpc) is 2.80. The molecule has 0 aliphatic rings. The Hall–Kier alpha value is -1.20. The first-order chi connectivity index (χ1) is 8.99. The summed E-state index contributed by atoms with van der Waals surface area (Å²) >= 11 is 3.43. The number of aromatic nitrogens is 2. The van der Waals surface area contributed by atoms with Gasteiger partial charge in [0.1, 0.15) is 5.82 Å². The van der Waals surface area contributed by atoms with Gasteiger partial charge in [0.2, 0.25) is 0 Å². The van der Waals surface area contributed by atoms with Crippen LogP contribution in [0.2, 0.25) is 0 Å². The van der Waals surface area contributed by atoms with Gasteiger partial charge >= 0.3 is 0 Å². The highest BCUT2D eigenvalue weighted by atomic mass is 79.9. The van der Waals surface area contributed by atoms with Crippen LogP contribution in [0.15, 0.2) is 35.2 Å². The van der Waals surface area contributed by atoms with E-state index in [4.69, 9.17) is 5.73 Å². The molecule has 0 fully saturated rings. The van der Waals surface area contributed by atoms with Crippen LogP contribution in [-0.2, 0) is 0 Å². The maximum absolute atomic E-state index is 13.4. The van der Waals surface area contributed by atoms with Crippen LogP contribution >= 0.6 is 15.9 Å². The van der Waals surface area contributed by atoms with Crippen molar-refractivity contribution in [2.75, 3.05) is 0 Å². The third-order valence-corrected chi connectivity index (χ3v) is 3.61. The Morgan fingerprint density at radius 1 is 1.42 bits per heavy atom. The number of nitrogens with zero attached hydrogens (tertiary/aromatic N) is 2. The summed E-state index contributed by atoms with van der Waals surface area (Å²) < 4.78 is 16.0. The van der Waals surface area contributed by atoms with E-state index in [0.29, 0.717) is 11.6 Å². The quantitative estimate of drug-likeness (QED) is 0.928. The van der Waals surface area contributed by atoms with E-state index in [2.05, 4.69) is 34.8 Å². The van der Waals surface area contributed by atoms with Crippen molar-refractivity contribution in [2.24, 2.45) is 11.7 Å². The molecule has 0 bridgehead atoms. The van der Waals surface area contributed by atoms with Crippen molar-refractivity contribution < 1.29 is 4.39 Å². The van der Waals surface area contributed by atoms with Crippen molar-refractivity contribution in [3.05, 3.63) is 46.7 Å². The number of nitrogens with two attached hydrogens (primary N) is 1. The standard InChI is InChI=1S/C14H17BrFN3/c1-9(2)5-12(17)14-7-18-8-19(14)13-6-10(16)3-4-11(13)15/h3-4,6-9,12H,5,17H2,1-2H3. The van der Waals surface area contributed by atoms with Crippen molar-refractivity contribution in [2.45, 2.75) is 26.3 Å². The Morgan fingerprint density at radius 2 is 2.16 bits per heavy atom. The number of benzene rings is 1. The van der Waals surface area contributed by atoms with E-state index in [1.54, 1.807) is 18.6 Å². The molecule has 2 rings (SSSR count). The van der Waals surface area contributed by atoms with Crippen LogP contribution in [0.5, 0.6) is 0 Å². The minimum atomic E-state index is -0.282. The summed E-state index contributed by atoms with van der Waals surface area (Å²) in [4.78, 5) is 4.14. The van der Waals surface area contributed by atoms with Crippen LogP contribution in [-0.4, -0.2) is 9.55 Å². The molecule has 0 saturated carbocycles. The smallest absolute Gasteiger partial charge is 0.125 e. The second kappa shape index (κ2) is 5.84. The van der Waals surface area contributed by atoms with Crippen molar-refractivity contribution in [3.63, 3.8) is 0 Å². The predicted molar refractivity (Wildman–Crippen MR) is 77.6 cm³/mol. The summed E-state index contributed by atoms with van der Waals surface area (Å²) in [5.41, 5.74) is 7.80. The second-order valence-corrected chi connectivity index (χ2v) is 5.87. The molecule has 19 heavy (non-hydrogen) atoms. The van der Waals surface area contributed by atoms with Gasteiger partial charge in [-0.3, -0.25) is 0 Å². The molecule has 1 aromatic carbocycles. The molecule has 0 aliphatic carbocycles. The predicted octanol–water partition coefficient (Wildman–Crippen LogP) is 3.82. The van der Waals surface area contributed by atoms with Crippen LogP contribution in [0.4, 0.5) is 4.39 Å². The van der Waals surface area contributed by atoms with Crippen LogP contribution in [0, 0.1) is 11.7 Å². The van der Waals surface area contributed by atoms with Gasteiger partial charge in [-0.2, -0.15) is 0 Å². The van der Waals surface area contributed by atoms with Crippen LogP contribution in [0.3, 0.4) is 0 Å². The Labute approximate surface area is 120 Å². The number of rotatable bonds is 4. The van der Waals surface area contributed by atoms with Crippen molar-refractivity contribution in [1.82, 2.24) is 9.55 Å². The Morgan fingerprint density at radius 3 is 2.84 bits per heavy atom. The molecule has 0 saturated heterocycles. The van der Waals surface area contributed by atoms with Gasteiger partial charge in [-0.05, 0) is 46.5 Å². The Bertz CT molecular complexity index is 566. The molecule has 0 amide bonds. The lowest BCUT2D eigenvalue weighted by molar-refractivity contribution is 0.497. The molecule has 102 valence electrons. The molecule has 2 aromatic rings. The normalized spacial score (nSPS) is 12.9. The van der Waals surface area contributed by atoms with Gasteiger partial charge in [0.05, 0.1) is 23.9 Å². The number of hydrogen-bond acceptors (Lipinski definition) is 2. The van der Waals surface area contributed by atoms with Gasteiger partial charge in [-0.25, -0.2) is 9.37 Å². The highest BCUT2D eigenvalue weighted by Gasteiger charge is 2.15. The summed E-state index contributed by atoms with van der Waals surface area (Å²) in [5, 5.41) is 0. The first kappa shape index (κ1) is 14.2. The molecule has 0 spiro atoms. The SMILES string of the molecule is CC(C)CC(N)c1cncn1-c1cc(F)ccc1Br. The zero-order valence-electron chi connectivity index (χ0n) is 11.0. The third-order valence-electron chi connectivity index (χ3n) is 2.94. The minimum Gasteiger partial charge on any atom is -0.323 e. The van der Waals surface area contributed by atoms with E-state index in [-0.39, 0.29) is 11.9 Å². The van der Waals surface area contributed by atoms with Crippen LogP contribution in [0.25, 0.3) is 5.69 Å². The molecule has 1 aromatic heterocycles. The van der Waals surface area contributed by atoms with Crippen molar-refractivity contribution in [1.29, 1.82) is 0 Å². The molecule has 3 nitrogen and oxygen atoms in total. The molecule has 1 unspecified atom stereocenters. The van der Waals surface area contributed by atoms with Gasteiger partial charge in [-0.15, -0.1) is 0 Å². The summed E-state index contributed by atoms with van der Waals surface area (Å²) in [7, 11) is 0. The minimum absolute atomic E-state index is 0.113. The van der Waals surface area contributed by atoms with Gasteiger partial charge in [0, 0.05) is 10.5 Å². The maximum atomic E-state index is 13.4. The lowest BCUT2D eigenvalue weighted by atomic mass is 10.0. The fourth-order valence-electron chi connectivity index (χ4n) is 2.08. The first-order valence-corrected chi connectivity index (χ1v) is 7.01. The lowest BCUT2D eigenvalue weighted by Crippen LogP contribution is -2.16. The van der Waals surface area contributed by atoms with Crippen LogP contribution < -0.4 is 5.73 Å². The molecule has 1 heterocycles. The van der Waals surface area contributed by atoms with E-state index in [9.17, 15) is 4.39 Å². The molecule has 0 radical (unpaired) electrons. The van der Waals surface area contributed by atoms with Crippen molar-refractivity contribution in [3.8, 4) is 5.69 Å². The largest absolute Gasteiger partial charge is 0.323 e. The number of halogens is 2. The van der Waals surface area contributed by atoms with E-state index < -0.39 is 0 Å². The van der Waals surface area contributed by atoms with Gasteiger partial charge < -0.3 is 10.3 Å². The summed E-state index contributed by atoms with van der Waals surface area (Å²) in [5.74, 6) is 0.213. The van der Waals surface area contributed by atoms with Gasteiger partial charge in [-0.1, -0.05) is 13.8 Å². The molecule has 5 heteroatoms. The highest BCUT2D eigenvalue weighted by Crippen LogP contribution is 2.26. The van der Waals surface area contributed by atoms with Gasteiger partial charge in [0.25, 0.3) is 0 Å². The van der Waals surface area contributed by atoms with E-state index >= 15 is 0 Å². The molecule has 0 aliphatic heterocycles. The molecule has 2 N–H and O–H groups in total. The topological polar surface area (TPSA) is 43.8 Å². The Balaban J connectivity index is 2.41. The highest BCUT2D eigenvalue weighted by molar-refractivity contribution is 9.10. The fraction of sp³-hybridized carbons (Fsp3) is 0.357. The zero-order chi connectivity index (χ0) is 14.0. The van der Waals surface area contributed by atoms with E-state index in [1.165, 1.54) is 12.1 Å². The summed E-state index contributed by atoms with van der Waals surface area (Å²) in [6.45, 7) is 4.25. The Kier molecular flexibility index (Phi) is 4.37. The van der Waals surface area contributed by atoms with E-state index in [1.807, 2.05) is 4.57 Å². The number of imidazole rings is 1. The number of hydrogen-bond donors (Lipinski definition) is 1. The fourth-order valence-corrected chi connectivity index (χ4v) is 2.52. The summed E-state index contributed by atoms with van der Waals surface area (Å²) in [6, 6.07) is 4.45. The lowest BCUT2D eigenvalue weighted by Gasteiger charge is -2.17. The monoisotopic (exact) mass is 325 g/mol. The van der Waals surface area contributed by atoms with E-state index in [0.717, 1.165) is 16.6 Å². The second-order valence-electron chi connectivity index (χ2n) is 5.02. The first-order valence-electron chi connectivity index (χ1n) is 6.22. The zero-order valence-corrected chi connectivity index (χ0v) is 12.6. The third kappa shape index (κ3) is 3.22.